The molecule has 0 aliphatic carbocycles. The van der Waals surface area contributed by atoms with Gasteiger partial charge in [0.15, 0.2) is 0 Å². The fraction of sp³-hybridized carbons (Fsp3) is 0.174. The minimum atomic E-state index is -0.692. The van der Waals surface area contributed by atoms with Crippen LogP contribution < -0.4 is 0 Å². The number of rotatable bonds is 6. The molecule has 0 saturated carbocycles. The van der Waals surface area contributed by atoms with Crippen molar-refractivity contribution in [3.05, 3.63) is 93.4 Å². The van der Waals surface area contributed by atoms with E-state index >= 15 is 0 Å². The first-order chi connectivity index (χ1) is 15.0. The molecule has 1 atom stereocenters. The molecule has 158 valence electrons. The van der Waals surface area contributed by atoms with E-state index in [1.165, 1.54) is 4.90 Å². The monoisotopic (exact) mass is 499 g/mol. The highest BCUT2D eigenvalue weighted by molar-refractivity contribution is 9.10. The van der Waals surface area contributed by atoms with Crippen molar-refractivity contribution >= 4 is 45.0 Å². The Labute approximate surface area is 192 Å². The molecule has 1 aliphatic heterocycles. The lowest BCUT2D eigenvalue weighted by Crippen LogP contribution is -2.31. The molecule has 1 fully saturated rings. The Hall–Kier alpha value is -2.90. The largest absolute Gasteiger partial charge is 0.507 e. The van der Waals surface area contributed by atoms with Crippen molar-refractivity contribution in [3.8, 4) is 0 Å². The maximum Gasteiger partial charge on any atom is 0.295 e. The SMILES string of the molecule is O=C1C(=O)N(CCCn2ccnc2)[C@@H](c2ccc(Br)cc2)C1=C(O)c1ccc(Cl)cc1. The summed E-state index contributed by atoms with van der Waals surface area (Å²) in [6, 6.07) is 13.2. The molecule has 31 heavy (non-hydrogen) atoms. The molecule has 1 amide bonds. The van der Waals surface area contributed by atoms with Crippen molar-refractivity contribution < 1.29 is 14.7 Å². The fourth-order valence-electron chi connectivity index (χ4n) is 3.71. The summed E-state index contributed by atoms with van der Waals surface area (Å²) >= 11 is 9.37. The maximum atomic E-state index is 13.0. The Bertz CT molecular complexity index is 1130. The van der Waals surface area contributed by atoms with Crippen LogP contribution in [0.5, 0.6) is 0 Å². The number of hydrogen-bond acceptors (Lipinski definition) is 4. The van der Waals surface area contributed by atoms with Crippen LogP contribution in [-0.2, 0) is 16.1 Å². The number of Topliss-reactive ketones (excluding diaryl/α,β-unsaturated/α-hetero) is 1. The fourth-order valence-corrected chi connectivity index (χ4v) is 4.10. The first kappa shape index (κ1) is 21.3. The first-order valence-corrected chi connectivity index (χ1v) is 10.9. The number of aryl methyl sites for hydroxylation is 1. The topological polar surface area (TPSA) is 75.4 Å². The molecule has 2 aromatic carbocycles. The number of aliphatic hydroxyl groups excluding tert-OH is 1. The van der Waals surface area contributed by atoms with Crippen molar-refractivity contribution in [1.29, 1.82) is 0 Å². The second-order valence-corrected chi connectivity index (χ2v) is 8.56. The molecule has 0 unspecified atom stereocenters. The second kappa shape index (κ2) is 9.08. The lowest BCUT2D eigenvalue weighted by molar-refractivity contribution is -0.139. The molecule has 0 bridgehead atoms. The van der Waals surface area contributed by atoms with Crippen molar-refractivity contribution in [1.82, 2.24) is 14.5 Å². The summed E-state index contributed by atoms with van der Waals surface area (Å²) in [4.78, 5) is 31.5. The zero-order valence-corrected chi connectivity index (χ0v) is 18.8. The van der Waals surface area contributed by atoms with Gasteiger partial charge in [-0.05, 0) is 48.4 Å². The Morgan fingerprint density at radius 2 is 1.77 bits per heavy atom. The second-order valence-electron chi connectivity index (χ2n) is 7.20. The van der Waals surface area contributed by atoms with E-state index in [0.717, 1.165) is 10.0 Å². The Balaban J connectivity index is 1.72. The number of halogens is 2. The Morgan fingerprint density at radius 1 is 1.06 bits per heavy atom. The number of carbonyl (C=O) groups excluding carboxylic acids is 2. The summed E-state index contributed by atoms with van der Waals surface area (Å²) in [5, 5.41) is 11.5. The summed E-state index contributed by atoms with van der Waals surface area (Å²) in [6.07, 6.45) is 5.89. The van der Waals surface area contributed by atoms with Gasteiger partial charge in [0.25, 0.3) is 11.7 Å². The third-order valence-electron chi connectivity index (χ3n) is 5.22. The number of amides is 1. The molecular formula is C23H19BrClN3O3. The number of hydrogen-bond donors (Lipinski definition) is 1. The van der Waals surface area contributed by atoms with Crippen molar-refractivity contribution in [2.24, 2.45) is 0 Å². The van der Waals surface area contributed by atoms with E-state index in [0.29, 0.717) is 30.1 Å². The minimum Gasteiger partial charge on any atom is -0.507 e. The van der Waals surface area contributed by atoms with Crippen LogP contribution >= 0.6 is 27.5 Å². The van der Waals surface area contributed by atoms with E-state index in [4.69, 9.17) is 11.6 Å². The van der Waals surface area contributed by atoms with Gasteiger partial charge in [-0.1, -0.05) is 39.7 Å². The molecule has 1 saturated heterocycles. The molecule has 0 spiro atoms. The first-order valence-electron chi connectivity index (χ1n) is 9.71. The number of benzene rings is 2. The van der Waals surface area contributed by atoms with E-state index < -0.39 is 17.7 Å². The highest BCUT2D eigenvalue weighted by Crippen LogP contribution is 2.39. The van der Waals surface area contributed by atoms with Gasteiger partial charge in [-0.3, -0.25) is 9.59 Å². The molecule has 8 heteroatoms. The van der Waals surface area contributed by atoms with Crippen LogP contribution in [0.4, 0.5) is 0 Å². The van der Waals surface area contributed by atoms with Gasteiger partial charge in [-0.25, -0.2) is 4.98 Å². The van der Waals surface area contributed by atoms with Crippen molar-refractivity contribution in [3.63, 3.8) is 0 Å². The molecule has 3 aromatic rings. The third kappa shape index (κ3) is 4.43. The summed E-state index contributed by atoms with van der Waals surface area (Å²) < 4.78 is 2.80. The molecule has 4 rings (SSSR count). The van der Waals surface area contributed by atoms with Gasteiger partial charge >= 0.3 is 0 Å². The van der Waals surface area contributed by atoms with E-state index in [2.05, 4.69) is 20.9 Å². The van der Waals surface area contributed by atoms with Gasteiger partial charge in [0.1, 0.15) is 5.76 Å². The highest BCUT2D eigenvalue weighted by atomic mass is 79.9. The predicted molar refractivity (Wildman–Crippen MR) is 121 cm³/mol. The zero-order valence-electron chi connectivity index (χ0n) is 16.4. The van der Waals surface area contributed by atoms with Crippen LogP contribution in [0.2, 0.25) is 5.02 Å². The lowest BCUT2D eigenvalue weighted by Gasteiger charge is -2.25. The maximum absolute atomic E-state index is 13.0. The van der Waals surface area contributed by atoms with Gasteiger partial charge in [0, 0.05) is 40.5 Å². The summed E-state index contributed by atoms with van der Waals surface area (Å²) in [5.41, 5.74) is 1.26. The normalized spacial score (nSPS) is 18.0. The van der Waals surface area contributed by atoms with Gasteiger partial charge in [-0.15, -0.1) is 0 Å². The molecule has 6 nitrogen and oxygen atoms in total. The number of aliphatic hydroxyl groups is 1. The molecule has 1 N–H and O–H groups in total. The molecule has 2 heterocycles. The smallest absolute Gasteiger partial charge is 0.295 e. The summed E-state index contributed by atoms with van der Waals surface area (Å²) in [5.74, 6) is -1.52. The van der Waals surface area contributed by atoms with Crippen LogP contribution in [0.1, 0.15) is 23.6 Å². The van der Waals surface area contributed by atoms with Crippen molar-refractivity contribution in [2.75, 3.05) is 6.54 Å². The van der Waals surface area contributed by atoms with E-state index in [9.17, 15) is 14.7 Å². The van der Waals surface area contributed by atoms with Gasteiger partial charge < -0.3 is 14.6 Å². The highest BCUT2D eigenvalue weighted by Gasteiger charge is 2.45. The quantitative estimate of drug-likeness (QED) is 0.299. The number of carbonyl (C=O) groups is 2. The number of aromatic nitrogens is 2. The van der Waals surface area contributed by atoms with E-state index in [1.54, 1.807) is 36.8 Å². The summed E-state index contributed by atoms with van der Waals surface area (Å²) in [7, 11) is 0. The lowest BCUT2D eigenvalue weighted by atomic mass is 9.95. The standard InChI is InChI=1S/C23H19BrClN3O3/c24-17-6-2-15(3-7-17)20-19(21(29)16-4-8-18(25)9-5-16)22(30)23(31)28(20)12-1-11-27-13-10-26-14-27/h2-10,13-14,20,29H,1,11-12H2/t20-/m0/s1. The number of nitrogens with zero attached hydrogens (tertiary/aromatic N) is 3. The van der Waals surface area contributed by atoms with E-state index in [1.807, 2.05) is 35.0 Å². The zero-order chi connectivity index (χ0) is 22.0. The third-order valence-corrected chi connectivity index (χ3v) is 6.00. The van der Waals surface area contributed by atoms with Crippen LogP contribution in [0.25, 0.3) is 5.76 Å². The number of ketones is 1. The molecular weight excluding hydrogens is 482 g/mol. The molecule has 1 aromatic heterocycles. The average molecular weight is 501 g/mol. The van der Waals surface area contributed by atoms with E-state index in [-0.39, 0.29) is 11.3 Å². The predicted octanol–water partition coefficient (Wildman–Crippen LogP) is 4.81. The molecule has 0 radical (unpaired) electrons. The Morgan fingerprint density at radius 3 is 2.42 bits per heavy atom. The Kier molecular flexibility index (Phi) is 6.25. The number of likely N-dealkylation sites (tertiary alicyclic amines) is 1. The summed E-state index contributed by atoms with van der Waals surface area (Å²) in [6.45, 7) is 1.02. The van der Waals surface area contributed by atoms with Crippen LogP contribution in [0, 0.1) is 0 Å². The van der Waals surface area contributed by atoms with Crippen LogP contribution in [-0.4, -0.2) is 37.8 Å². The van der Waals surface area contributed by atoms with Crippen LogP contribution in [0.3, 0.4) is 0 Å². The van der Waals surface area contributed by atoms with Gasteiger partial charge in [0.2, 0.25) is 0 Å². The van der Waals surface area contributed by atoms with Gasteiger partial charge in [-0.2, -0.15) is 0 Å². The van der Waals surface area contributed by atoms with Crippen molar-refractivity contribution in [2.45, 2.75) is 19.0 Å². The van der Waals surface area contributed by atoms with Crippen LogP contribution in [0.15, 0.2) is 77.3 Å². The molecule has 1 aliphatic rings. The average Bonchev–Trinajstić information content (AvgIpc) is 3.37. The minimum absolute atomic E-state index is 0.0808. The van der Waals surface area contributed by atoms with Gasteiger partial charge in [0.05, 0.1) is 17.9 Å². The number of imidazole rings is 1.